The van der Waals surface area contributed by atoms with Gasteiger partial charge < -0.3 is 9.47 Å². The summed E-state index contributed by atoms with van der Waals surface area (Å²) in [5.41, 5.74) is -0.734. The van der Waals surface area contributed by atoms with E-state index in [2.05, 4.69) is 6.58 Å². The van der Waals surface area contributed by atoms with Gasteiger partial charge in [0.25, 0.3) is 0 Å². The lowest BCUT2D eigenvalue weighted by Gasteiger charge is -2.13. The van der Waals surface area contributed by atoms with E-state index in [0.717, 1.165) is 12.1 Å². The second-order valence-electron chi connectivity index (χ2n) is 3.35. The van der Waals surface area contributed by atoms with Crippen LogP contribution in [0.5, 0.6) is 5.75 Å². The van der Waals surface area contributed by atoms with Crippen molar-refractivity contribution in [2.75, 3.05) is 13.7 Å². The van der Waals surface area contributed by atoms with Crippen LogP contribution in [-0.2, 0) is 10.9 Å². The monoisotopic (exact) mass is 246 g/mol. The summed E-state index contributed by atoms with van der Waals surface area (Å²) in [7, 11) is 1.47. The summed E-state index contributed by atoms with van der Waals surface area (Å²) in [5, 5.41) is 0. The Bertz CT molecular complexity index is 374. The van der Waals surface area contributed by atoms with Crippen molar-refractivity contribution in [3.8, 4) is 5.75 Å². The number of ether oxygens (including phenoxy) is 2. The molecule has 0 radical (unpaired) electrons. The third kappa shape index (κ3) is 4.11. The molecule has 94 valence electrons. The van der Waals surface area contributed by atoms with Gasteiger partial charge in [-0.3, -0.25) is 0 Å². The summed E-state index contributed by atoms with van der Waals surface area (Å²) >= 11 is 0. The van der Waals surface area contributed by atoms with Crippen LogP contribution in [-0.4, -0.2) is 19.8 Å². The number of hydrogen-bond acceptors (Lipinski definition) is 2. The first kappa shape index (κ1) is 13.6. The second kappa shape index (κ2) is 5.72. The summed E-state index contributed by atoms with van der Waals surface area (Å²) < 4.78 is 47.4. The van der Waals surface area contributed by atoms with Gasteiger partial charge in [0.15, 0.2) is 0 Å². The predicted molar refractivity (Wildman–Crippen MR) is 57.9 cm³/mol. The molecule has 1 unspecified atom stereocenters. The Morgan fingerprint density at radius 2 is 2.12 bits per heavy atom. The first-order chi connectivity index (χ1) is 7.97. The first-order valence-electron chi connectivity index (χ1n) is 4.92. The second-order valence-corrected chi connectivity index (χ2v) is 3.35. The van der Waals surface area contributed by atoms with Gasteiger partial charge in [-0.1, -0.05) is 12.1 Å². The molecule has 0 amide bonds. The van der Waals surface area contributed by atoms with Gasteiger partial charge in [0.1, 0.15) is 18.5 Å². The molecule has 0 N–H and O–H groups in total. The van der Waals surface area contributed by atoms with Crippen LogP contribution in [0.25, 0.3) is 0 Å². The van der Waals surface area contributed by atoms with Gasteiger partial charge in [0, 0.05) is 7.11 Å². The van der Waals surface area contributed by atoms with Crippen molar-refractivity contribution >= 4 is 0 Å². The fraction of sp³-hybridized carbons (Fsp3) is 0.333. The lowest BCUT2D eigenvalue weighted by atomic mass is 10.2. The minimum atomic E-state index is -4.36. The summed E-state index contributed by atoms with van der Waals surface area (Å²) in [4.78, 5) is 0. The van der Waals surface area contributed by atoms with Crippen molar-refractivity contribution in [1.29, 1.82) is 0 Å². The van der Waals surface area contributed by atoms with E-state index < -0.39 is 11.7 Å². The van der Waals surface area contributed by atoms with Crippen LogP contribution >= 0.6 is 0 Å². The Kier molecular flexibility index (Phi) is 4.57. The van der Waals surface area contributed by atoms with Crippen molar-refractivity contribution in [3.63, 3.8) is 0 Å². The molecule has 1 atom stereocenters. The van der Waals surface area contributed by atoms with Crippen LogP contribution in [0.2, 0.25) is 0 Å². The Morgan fingerprint density at radius 1 is 1.41 bits per heavy atom. The van der Waals surface area contributed by atoms with Gasteiger partial charge in [0.05, 0.1) is 5.56 Å². The van der Waals surface area contributed by atoms with Gasteiger partial charge >= 0.3 is 6.18 Å². The smallest absolute Gasteiger partial charge is 0.416 e. The average Bonchev–Trinajstić information content (AvgIpc) is 2.30. The summed E-state index contributed by atoms with van der Waals surface area (Å²) in [6.45, 7) is 3.64. The zero-order valence-corrected chi connectivity index (χ0v) is 9.33. The maximum atomic E-state index is 12.4. The van der Waals surface area contributed by atoms with Crippen LogP contribution < -0.4 is 4.74 Å². The number of alkyl halides is 3. The van der Waals surface area contributed by atoms with Crippen LogP contribution in [0.15, 0.2) is 36.9 Å². The molecule has 0 fully saturated rings. The van der Waals surface area contributed by atoms with E-state index >= 15 is 0 Å². The number of hydrogen-bond donors (Lipinski definition) is 0. The molecule has 2 nitrogen and oxygen atoms in total. The van der Waals surface area contributed by atoms with E-state index in [4.69, 9.17) is 9.47 Å². The third-order valence-corrected chi connectivity index (χ3v) is 2.14. The van der Waals surface area contributed by atoms with Crippen LogP contribution in [0.3, 0.4) is 0 Å². The minimum absolute atomic E-state index is 0.126. The van der Waals surface area contributed by atoms with E-state index in [-0.39, 0.29) is 18.5 Å². The van der Waals surface area contributed by atoms with Gasteiger partial charge in [0.2, 0.25) is 0 Å². The highest BCUT2D eigenvalue weighted by Crippen LogP contribution is 2.31. The van der Waals surface area contributed by atoms with Crippen molar-refractivity contribution in [2.24, 2.45) is 0 Å². The minimum Gasteiger partial charge on any atom is -0.491 e. The zero-order valence-electron chi connectivity index (χ0n) is 9.33. The zero-order chi connectivity index (χ0) is 12.9. The SMILES string of the molecule is C=CC(COc1cccc(C(F)(F)F)c1)OC. The average molecular weight is 246 g/mol. The molecule has 0 saturated heterocycles. The Morgan fingerprint density at radius 3 is 2.65 bits per heavy atom. The van der Waals surface area contributed by atoms with Crippen LogP contribution in [0, 0.1) is 0 Å². The van der Waals surface area contributed by atoms with E-state index in [1.807, 2.05) is 0 Å². The lowest BCUT2D eigenvalue weighted by molar-refractivity contribution is -0.137. The first-order valence-corrected chi connectivity index (χ1v) is 4.92. The molecule has 0 spiro atoms. The molecule has 1 aromatic rings. The molecule has 0 aliphatic carbocycles. The summed E-state index contributed by atoms with van der Waals surface area (Å²) in [6, 6.07) is 4.71. The molecule has 0 heterocycles. The molecule has 5 heteroatoms. The Balaban J connectivity index is 2.69. The number of methoxy groups -OCH3 is 1. The molecule has 1 aromatic carbocycles. The molecular formula is C12H13F3O2. The highest BCUT2D eigenvalue weighted by Gasteiger charge is 2.30. The Labute approximate surface area is 97.7 Å². The van der Waals surface area contributed by atoms with Crippen molar-refractivity contribution in [1.82, 2.24) is 0 Å². The largest absolute Gasteiger partial charge is 0.491 e. The molecule has 0 aliphatic rings. The number of benzene rings is 1. The van der Waals surface area contributed by atoms with Crippen molar-refractivity contribution in [2.45, 2.75) is 12.3 Å². The fourth-order valence-electron chi connectivity index (χ4n) is 1.17. The standard InChI is InChI=1S/C12H13F3O2/c1-3-10(16-2)8-17-11-6-4-5-9(7-11)12(13,14)15/h3-7,10H,1,8H2,2H3. The van der Waals surface area contributed by atoms with E-state index in [9.17, 15) is 13.2 Å². The topological polar surface area (TPSA) is 18.5 Å². The normalized spacial score (nSPS) is 13.2. The summed E-state index contributed by atoms with van der Waals surface area (Å²) in [5.74, 6) is 0.156. The molecule has 0 bridgehead atoms. The molecule has 0 aromatic heterocycles. The third-order valence-electron chi connectivity index (χ3n) is 2.14. The van der Waals surface area contributed by atoms with E-state index in [0.29, 0.717) is 0 Å². The highest BCUT2D eigenvalue weighted by atomic mass is 19.4. The quantitative estimate of drug-likeness (QED) is 0.742. The van der Waals surface area contributed by atoms with Crippen molar-refractivity contribution < 1.29 is 22.6 Å². The van der Waals surface area contributed by atoms with Gasteiger partial charge in [-0.05, 0) is 18.2 Å². The van der Waals surface area contributed by atoms with Gasteiger partial charge in [-0.2, -0.15) is 13.2 Å². The molecule has 17 heavy (non-hydrogen) atoms. The lowest BCUT2D eigenvalue weighted by Crippen LogP contribution is -2.17. The molecular weight excluding hydrogens is 233 g/mol. The molecule has 0 aliphatic heterocycles. The van der Waals surface area contributed by atoms with Gasteiger partial charge in [-0.25, -0.2) is 0 Å². The van der Waals surface area contributed by atoms with Crippen LogP contribution in [0.1, 0.15) is 5.56 Å². The maximum absolute atomic E-state index is 12.4. The summed E-state index contributed by atoms with van der Waals surface area (Å²) in [6.07, 6.45) is -3.18. The molecule has 1 rings (SSSR count). The highest BCUT2D eigenvalue weighted by molar-refractivity contribution is 5.30. The van der Waals surface area contributed by atoms with Crippen molar-refractivity contribution in [3.05, 3.63) is 42.5 Å². The fourth-order valence-corrected chi connectivity index (χ4v) is 1.17. The predicted octanol–water partition coefficient (Wildman–Crippen LogP) is 3.29. The Hall–Kier alpha value is -1.49. The van der Waals surface area contributed by atoms with E-state index in [1.54, 1.807) is 0 Å². The maximum Gasteiger partial charge on any atom is 0.416 e. The van der Waals surface area contributed by atoms with E-state index in [1.165, 1.54) is 25.3 Å². The number of halogens is 3. The number of rotatable bonds is 5. The van der Waals surface area contributed by atoms with Gasteiger partial charge in [-0.15, -0.1) is 6.58 Å². The van der Waals surface area contributed by atoms with Crippen LogP contribution in [0.4, 0.5) is 13.2 Å². The molecule has 0 saturated carbocycles.